The molecule has 0 radical (unpaired) electrons. The van der Waals surface area contributed by atoms with Crippen LogP contribution in [0.5, 0.6) is 0 Å². The van der Waals surface area contributed by atoms with E-state index in [1.165, 1.54) is 19.3 Å². The Balaban J connectivity index is 0.00000161. The monoisotopic (exact) mass is 308 g/mol. The number of rotatable bonds is 4. The molecule has 0 spiro atoms. The van der Waals surface area contributed by atoms with Crippen molar-refractivity contribution in [3.8, 4) is 0 Å². The van der Waals surface area contributed by atoms with Gasteiger partial charge in [-0.3, -0.25) is 4.79 Å². The summed E-state index contributed by atoms with van der Waals surface area (Å²) in [6.07, 6.45) is 5.85. The Morgan fingerprint density at radius 3 is 2.33 bits per heavy atom. The Hall–Kier alpha value is -1.06. The van der Waals surface area contributed by atoms with Crippen molar-refractivity contribution in [2.24, 2.45) is 11.8 Å². The number of piperidine rings is 1. The predicted molar refractivity (Wildman–Crippen MR) is 89.0 cm³/mol. The minimum absolute atomic E-state index is 0. The average molecular weight is 309 g/mol. The molecule has 1 aromatic rings. The molecule has 3 nitrogen and oxygen atoms in total. The lowest BCUT2D eigenvalue weighted by molar-refractivity contribution is -0.123. The van der Waals surface area contributed by atoms with Gasteiger partial charge < -0.3 is 10.2 Å². The van der Waals surface area contributed by atoms with Crippen LogP contribution in [-0.2, 0) is 4.79 Å². The van der Waals surface area contributed by atoms with E-state index in [0.29, 0.717) is 11.8 Å². The molecule has 1 heterocycles. The first-order chi connectivity index (χ1) is 9.84. The summed E-state index contributed by atoms with van der Waals surface area (Å²) in [6.45, 7) is 2.86. The number of hydrogen-bond donors (Lipinski definition) is 1. The number of carbonyl (C=O) groups excluding carboxylic acids is 1. The van der Waals surface area contributed by atoms with Crippen molar-refractivity contribution in [1.29, 1.82) is 0 Å². The van der Waals surface area contributed by atoms with Crippen LogP contribution in [0.1, 0.15) is 32.1 Å². The number of para-hydroxylation sites is 1. The van der Waals surface area contributed by atoms with E-state index in [1.54, 1.807) is 0 Å². The van der Waals surface area contributed by atoms with E-state index in [4.69, 9.17) is 0 Å². The van der Waals surface area contributed by atoms with Crippen LogP contribution >= 0.6 is 12.4 Å². The van der Waals surface area contributed by atoms with Crippen molar-refractivity contribution >= 4 is 24.0 Å². The van der Waals surface area contributed by atoms with Crippen LogP contribution in [0, 0.1) is 11.8 Å². The average Bonchev–Trinajstić information content (AvgIpc) is 2.47. The van der Waals surface area contributed by atoms with E-state index in [1.807, 2.05) is 18.2 Å². The second-order valence-corrected chi connectivity index (χ2v) is 6.11. The van der Waals surface area contributed by atoms with Crippen molar-refractivity contribution in [3.63, 3.8) is 0 Å². The summed E-state index contributed by atoms with van der Waals surface area (Å²) in [6, 6.07) is 10.2. The number of hydrogen-bond acceptors (Lipinski definition) is 2. The van der Waals surface area contributed by atoms with Gasteiger partial charge in [-0.1, -0.05) is 24.6 Å². The van der Waals surface area contributed by atoms with Gasteiger partial charge in [0.15, 0.2) is 0 Å². The standard InChI is InChI=1S/C17H24N2O.ClH/c20-17(15-9-11-18-12-10-15)19(13-14-5-4-6-14)16-7-2-1-3-8-16;/h1-3,7-8,14-15,18H,4-6,9-13H2;1H. The molecular weight excluding hydrogens is 284 g/mol. The Kier molecular flexibility index (Phi) is 6.07. The summed E-state index contributed by atoms with van der Waals surface area (Å²) >= 11 is 0. The lowest BCUT2D eigenvalue weighted by atomic mass is 9.84. The molecule has 0 unspecified atom stereocenters. The van der Waals surface area contributed by atoms with Crippen LogP contribution in [0.25, 0.3) is 0 Å². The molecular formula is C17H25ClN2O. The normalized spacial score (nSPS) is 19.4. The number of amides is 1. The quantitative estimate of drug-likeness (QED) is 0.926. The zero-order valence-electron chi connectivity index (χ0n) is 12.5. The summed E-state index contributed by atoms with van der Waals surface area (Å²) < 4.78 is 0. The molecule has 4 heteroatoms. The van der Waals surface area contributed by atoms with Gasteiger partial charge in [0.2, 0.25) is 5.91 Å². The van der Waals surface area contributed by atoms with Crippen molar-refractivity contribution < 1.29 is 4.79 Å². The SMILES string of the molecule is Cl.O=C(C1CCNCC1)N(CC1CCC1)c1ccccc1. The topological polar surface area (TPSA) is 32.3 Å². The summed E-state index contributed by atoms with van der Waals surface area (Å²) in [5, 5.41) is 3.34. The fourth-order valence-electron chi connectivity index (χ4n) is 3.15. The van der Waals surface area contributed by atoms with Gasteiger partial charge in [0.25, 0.3) is 0 Å². The first-order valence-corrected chi connectivity index (χ1v) is 7.92. The van der Waals surface area contributed by atoms with Gasteiger partial charge in [0.05, 0.1) is 0 Å². The highest BCUT2D eigenvalue weighted by Crippen LogP contribution is 2.30. The van der Waals surface area contributed by atoms with E-state index in [2.05, 4.69) is 22.3 Å². The number of anilines is 1. The minimum atomic E-state index is 0. The van der Waals surface area contributed by atoms with Crippen LogP contribution in [0.15, 0.2) is 30.3 Å². The fraction of sp³-hybridized carbons (Fsp3) is 0.588. The summed E-state index contributed by atoms with van der Waals surface area (Å²) in [5.74, 6) is 1.25. The number of halogens is 1. The van der Waals surface area contributed by atoms with Gasteiger partial charge in [0.1, 0.15) is 0 Å². The molecule has 116 valence electrons. The van der Waals surface area contributed by atoms with Crippen LogP contribution in [0.2, 0.25) is 0 Å². The maximum atomic E-state index is 12.9. The van der Waals surface area contributed by atoms with Gasteiger partial charge >= 0.3 is 0 Å². The van der Waals surface area contributed by atoms with Crippen molar-refractivity contribution in [2.75, 3.05) is 24.5 Å². The van der Waals surface area contributed by atoms with Gasteiger partial charge in [-0.2, -0.15) is 0 Å². The van der Waals surface area contributed by atoms with Crippen LogP contribution in [-0.4, -0.2) is 25.5 Å². The molecule has 1 amide bonds. The highest BCUT2D eigenvalue weighted by Gasteiger charge is 2.30. The first-order valence-electron chi connectivity index (χ1n) is 7.92. The molecule has 0 aromatic heterocycles. The highest BCUT2D eigenvalue weighted by molar-refractivity contribution is 5.95. The van der Waals surface area contributed by atoms with E-state index < -0.39 is 0 Å². The van der Waals surface area contributed by atoms with Gasteiger partial charge in [-0.05, 0) is 56.8 Å². The van der Waals surface area contributed by atoms with E-state index >= 15 is 0 Å². The van der Waals surface area contributed by atoms with Crippen molar-refractivity contribution in [3.05, 3.63) is 30.3 Å². The minimum Gasteiger partial charge on any atom is -0.317 e. The van der Waals surface area contributed by atoms with Crippen LogP contribution in [0.4, 0.5) is 5.69 Å². The fourth-order valence-corrected chi connectivity index (χ4v) is 3.15. The molecule has 0 atom stereocenters. The van der Waals surface area contributed by atoms with Gasteiger partial charge in [-0.15, -0.1) is 12.4 Å². The molecule has 2 fully saturated rings. The third kappa shape index (κ3) is 3.98. The molecule has 1 saturated carbocycles. The molecule has 1 aliphatic carbocycles. The molecule has 3 rings (SSSR count). The lowest BCUT2D eigenvalue weighted by Gasteiger charge is -2.35. The Morgan fingerprint density at radius 2 is 1.76 bits per heavy atom. The third-order valence-corrected chi connectivity index (χ3v) is 4.69. The van der Waals surface area contributed by atoms with E-state index in [-0.39, 0.29) is 18.3 Å². The maximum absolute atomic E-state index is 12.9. The second kappa shape index (κ2) is 7.81. The Morgan fingerprint density at radius 1 is 1.10 bits per heavy atom. The molecule has 21 heavy (non-hydrogen) atoms. The summed E-state index contributed by atoms with van der Waals surface area (Å²) in [5.41, 5.74) is 1.07. The lowest BCUT2D eigenvalue weighted by Crippen LogP contribution is -2.44. The molecule has 0 bridgehead atoms. The van der Waals surface area contributed by atoms with Crippen LogP contribution in [0.3, 0.4) is 0 Å². The van der Waals surface area contributed by atoms with Crippen molar-refractivity contribution in [2.45, 2.75) is 32.1 Å². The molecule has 2 aliphatic rings. The predicted octanol–water partition coefficient (Wildman–Crippen LogP) is 3.24. The van der Waals surface area contributed by atoms with Gasteiger partial charge in [-0.25, -0.2) is 0 Å². The number of nitrogens with zero attached hydrogens (tertiary/aromatic N) is 1. The third-order valence-electron chi connectivity index (χ3n) is 4.69. The maximum Gasteiger partial charge on any atom is 0.230 e. The largest absolute Gasteiger partial charge is 0.317 e. The van der Waals surface area contributed by atoms with E-state index in [9.17, 15) is 4.79 Å². The van der Waals surface area contributed by atoms with Crippen LogP contribution < -0.4 is 10.2 Å². The Labute approximate surface area is 133 Å². The van der Waals surface area contributed by atoms with E-state index in [0.717, 1.165) is 38.2 Å². The zero-order chi connectivity index (χ0) is 13.8. The molecule has 1 N–H and O–H groups in total. The second-order valence-electron chi connectivity index (χ2n) is 6.11. The highest BCUT2D eigenvalue weighted by atomic mass is 35.5. The summed E-state index contributed by atoms with van der Waals surface area (Å²) in [4.78, 5) is 14.9. The first kappa shape index (κ1) is 16.3. The number of benzene rings is 1. The summed E-state index contributed by atoms with van der Waals surface area (Å²) in [7, 11) is 0. The zero-order valence-corrected chi connectivity index (χ0v) is 13.3. The Bertz CT molecular complexity index is 441. The van der Waals surface area contributed by atoms with Crippen molar-refractivity contribution in [1.82, 2.24) is 5.32 Å². The van der Waals surface area contributed by atoms with Gasteiger partial charge in [0, 0.05) is 18.2 Å². The smallest absolute Gasteiger partial charge is 0.230 e. The number of nitrogens with one attached hydrogen (secondary N) is 1. The molecule has 1 aromatic carbocycles. The molecule has 1 aliphatic heterocycles. The number of carbonyl (C=O) groups is 1. The molecule has 1 saturated heterocycles.